The van der Waals surface area contributed by atoms with E-state index < -0.39 is 0 Å². The van der Waals surface area contributed by atoms with E-state index in [1.165, 1.54) is 10.8 Å². The van der Waals surface area contributed by atoms with Crippen LogP contribution in [0.1, 0.15) is 11.1 Å². The van der Waals surface area contributed by atoms with Crippen molar-refractivity contribution in [2.45, 2.75) is 13.8 Å². The van der Waals surface area contributed by atoms with Gasteiger partial charge >= 0.3 is 0 Å². The van der Waals surface area contributed by atoms with Crippen molar-refractivity contribution >= 4 is 10.8 Å². The normalized spacial score (nSPS) is 9.37. The fraction of sp³-hybridized carbons (Fsp3) is 0.118. The van der Waals surface area contributed by atoms with Gasteiger partial charge in [0.1, 0.15) is 5.75 Å². The molecule has 3 rings (SSSR count). The van der Waals surface area contributed by atoms with Gasteiger partial charge in [0.25, 0.3) is 0 Å². The maximum absolute atomic E-state index is 9.10. The Kier molecular flexibility index (Phi) is 5.94. The van der Waals surface area contributed by atoms with Crippen LogP contribution in [-0.4, -0.2) is 5.11 Å². The van der Waals surface area contributed by atoms with E-state index in [2.05, 4.69) is 42.5 Å². The zero-order valence-corrected chi connectivity index (χ0v) is 12.8. The molecule has 3 aromatic carbocycles. The Morgan fingerprint density at radius 3 is 2.26 bits per heavy atom. The second-order valence-electron chi connectivity index (χ2n) is 4.37. The minimum Gasteiger partial charge on any atom is -0.508 e. The number of aryl methyl sites for hydroxylation is 1. The smallest absolute Gasteiger partial charge is 0.118 e. The Hall–Kier alpha value is -1.44. The zero-order chi connectivity index (χ0) is 13.0. The first-order valence-electron chi connectivity index (χ1n) is 6.04. The molecule has 0 heterocycles. The third-order valence-corrected chi connectivity index (χ3v) is 3.12. The minimum absolute atomic E-state index is 0. The van der Waals surface area contributed by atoms with Gasteiger partial charge in [0, 0.05) is 21.7 Å². The molecule has 0 atom stereocenters. The van der Waals surface area contributed by atoms with Gasteiger partial charge in [0.2, 0.25) is 0 Å². The molecule has 96 valence electrons. The van der Waals surface area contributed by atoms with Crippen molar-refractivity contribution in [3.63, 3.8) is 0 Å². The molecular formula is C17H17OTi-. The Labute approximate surface area is 129 Å². The third-order valence-electron chi connectivity index (χ3n) is 3.12. The van der Waals surface area contributed by atoms with Crippen LogP contribution in [0.2, 0.25) is 0 Å². The fourth-order valence-electron chi connectivity index (χ4n) is 1.81. The van der Waals surface area contributed by atoms with Gasteiger partial charge < -0.3 is 5.11 Å². The summed E-state index contributed by atoms with van der Waals surface area (Å²) in [6.07, 6.45) is 0. The van der Waals surface area contributed by atoms with Gasteiger partial charge in [0.05, 0.1) is 0 Å². The second-order valence-corrected chi connectivity index (χ2v) is 4.37. The van der Waals surface area contributed by atoms with Crippen LogP contribution in [0.25, 0.3) is 10.8 Å². The van der Waals surface area contributed by atoms with E-state index in [4.69, 9.17) is 5.11 Å². The quantitative estimate of drug-likeness (QED) is 0.474. The van der Waals surface area contributed by atoms with E-state index >= 15 is 0 Å². The molecule has 0 aliphatic carbocycles. The van der Waals surface area contributed by atoms with Gasteiger partial charge in [-0.2, -0.15) is 17.5 Å². The molecular weight excluding hydrogens is 268 g/mol. The molecule has 0 saturated heterocycles. The Bertz CT molecular complexity index is 590. The summed E-state index contributed by atoms with van der Waals surface area (Å²) in [4.78, 5) is 0. The Balaban J connectivity index is 0.000000180. The first-order valence-corrected chi connectivity index (χ1v) is 6.04. The number of rotatable bonds is 0. The van der Waals surface area contributed by atoms with Crippen LogP contribution in [-0.2, 0) is 21.7 Å². The number of hydrogen-bond acceptors (Lipinski definition) is 1. The molecule has 0 aliphatic rings. The molecule has 0 radical (unpaired) electrons. The zero-order valence-electron chi connectivity index (χ0n) is 11.2. The molecule has 0 aromatic heterocycles. The van der Waals surface area contributed by atoms with Crippen LogP contribution >= 0.6 is 0 Å². The van der Waals surface area contributed by atoms with E-state index in [1.807, 2.05) is 26.0 Å². The van der Waals surface area contributed by atoms with Crippen LogP contribution < -0.4 is 0 Å². The number of phenolic OH excluding ortho intramolecular Hbond substituents is 1. The van der Waals surface area contributed by atoms with Crippen molar-refractivity contribution in [2.24, 2.45) is 0 Å². The van der Waals surface area contributed by atoms with E-state index in [0.29, 0.717) is 5.75 Å². The molecule has 0 saturated carbocycles. The minimum atomic E-state index is 0. The summed E-state index contributed by atoms with van der Waals surface area (Å²) < 4.78 is 0. The van der Waals surface area contributed by atoms with Gasteiger partial charge in [-0.15, -0.1) is 29.7 Å². The first kappa shape index (κ1) is 15.6. The Morgan fingerprint density at radius 1 is 0.895 bits per heavy atom. The predicted octanol–water partition coefficient (Wildman–Crippen LogP) is 4.57. The molecule has 0 aliphatic heterocycles. The summed E-state index contributed by atoms with van der Waals surface area (Å²) in [5.74, 6) is 0.384. The van der Waals surface area contributed by atoms with E-state index in [-0.39, 0.29) is 21.7 Å². The molecule has 3 aromatic rings. The summed E-state index contributed by atoms with van der Waals surface area (Å²) in [5, 5.41) is 11.8. The molecule has 0 spiro atoms. The van der Waals surface area contributed by atoms with Crippen molar-refractivity contribution < 1.29 is 26.8 Å². The average Bonchev–Trinajstić information content (AvgIpc) is 2.85. The molecule has 0 unspecified atom stereocenters. The largest absolute Gasteiger partial charge is 0.508 e. The molecule has 2 heteroatoms. The van der Waals surface area contributed by atoms with E-state index in [9.17, 15) is 0 Å². The van der Waals surface area contributed by atoms with Crippen molar-refractivity contribution in [2.75, 3.05) is 0 Å². The number of benzene rings is 2. The second kappa shape index (κ2) is 7.23. The van der Waals surface area contributed by atoms with Crippen LogP contribution in [0, 0.1) is 13.8 Å². The topological polar surface area (TPSA) is 20.2 Å². The van der Waals surface area contributed by atoms with Crippen LogP contribution in [0.4, 0.5) is 0 Å². The maximum atomic E-state index is 9.10. The van der Waals surface area contributed by atoms with Gasteiger partial charge in [-0.25, -0.2) is 0 Å². The summed E-state index contributed by atoms with van der Waals surface area (Å²) in [6.45, 7) is 3.89. The van der Waals surface area contributed by atoms with Gasteiger partial charge in [-0.1, -0.05) is 18.2 Å². The average molecular weight is 285 g/mol. The summed E-state index contributed by atoms with van der Waals surface area (Å²) in [5.41, 5.74) is 2.10. The van der Waals surface area contributed by atoms with Crippen molar-refractivity contribution in [3.8, 4) is 5.75 Å². The monoisotopic (exact) mass is 285 g/mol. The van der Waals surface area contributed by atoms with Crippen LogP contribution in [0.5, 0.6) is 5.75 Å². The SMILES string of the molecule is Cc1cccc(O)c1C.[Ti].c1ccc2[cH-]ccc2c1. The number of fused-ring (bicyclic) bond motifs is 1. The standard InChI is InChI=1S/C9H7.C8H10O.Ti/c1-2-5-9-7-3-6-8(9)4-1;1-6-4-3-5-8(9)7(6)2;/h1-7H;3-5,9H,1-2H3;/q-1;;. The number of aromatic hydroxyl groups is 1. The van der Waals surface area contributed by atoms with Crippen LogP contribution in [0.3, 0.4) is 0 Å². The number of phenols is 1. The third kappa shape index (κ3) is 4.02. The predicted molar refractivity (Wildman–Crippen MR) is 77.1 cm³/mol. The van der Waals surface area contributed by atoms with Crippen molar-refractivity contribution in [1.82, 2.24) is 0 Å². The van der Waals surface area contributed by atoms with E-state index in [1.54, 1.807) is 6.07 Å². The summed E-state index contributed by atoms with van der Waals surface area (Å²) >= 11 is 0. The summed E-state index contributed by atoms with van der Waals surface area (Å²) in [7, 11) is 0. The molecule has 19 heavy (non-hydrogen) atoms. The fourth-order valence-corrected chi connectivity index (χ4v) is 1.81. The first-order chi connectivity index (χ1) is 8.68. The van der Waals surface area contributed by atoms with Gasteiger partial charge in [-0.05, 0) is 31.0 Å². The van der Waals surface area contributed by atoms with Crippen LogP contribution in [0.15, 0.2) is 60.7 Å². The number of hydrogen-bond donors (Lipinski definition) is 1. The van der Waals surface area contributed by atoms with Crippen molar-refractivity contribution in [3.05, 3.63) is 71.8 Å². The van der Waals surface area contributed by atoms with Crippen molar-refractivity contribution in [1.29, 1.82) is 0 Å². The molecule has 1 N–H and O–H groups in total. The molecule has 0 amide bonds. The van der Waals surface area contributed by atoms with E-state index in [0.717, 1.165) is 11.1 Å². The molecule has 0 fully saturated rings. The Morgan fingerprint density at radius 2 is 1.63 bits per heavy atom. The maximum Gasteiger partial charge on any atom is 0.118 e. The molecule has 0 bridgehead atoms. The molecule has 1 nitrogen and oxygen atoms in total. The summed E-state index contributed by atoms with van der Waals surface area (Å²) in [6, 6.07) is 20.2. The van der Waals surface area contributed by atoms with Gasteiger partial charge in [0.15, 0.2) is 0 Å². The van der Waals surface area contributed by atoms with Gasteiger partial charge in [-0.3, -0.25) is 0 Å².